The predicted molar refractivity (Wildman–Crippen MR) is 111 cm³/mol. The number of carbonyl (C=O) groups is 1. The van der Waals surface area contributed by atoms with Crippen molar-refractivity contribution in [3.63, 3.8) is 0 Å². The summed E-state index contributed by atoms with van der Waals surface area (Å²) < 4.78 is 27.8. The molecule has 2 aromatic rings. The molecule has 1 aliphatic rings. The molecule has 3 rings (SSSR count). The Labute approximate surface area is 172 Å². The lowest BCUT2D eigenvalue weighted by Crippen LogP contribution is -2.52. The second-order valence-electron chi connectivity index (χ2n) is 7.17. The Bertz CT molecular complexity index is 958. The van der Waals surface area contributed by atoms with Gasteiger partial charge in [0, 0.05) is 59.7 Å². The van der Waals surface area contributed by atoms with Gasteiger partial charge in [0.05, 0.1) is 15.9 Å². The summed E-state index contributed by atoms with van der Waals surface area (Å²) >= 11 is 0. The number of imidazole rings is 1. The number of amides is 1. The van der Waals surface area contributed by atoms with Crippen molar-refractivity contribution < 1.29 is 13.2 Å². The summed E-state index contributed by atoms with van der Waals surface area (Å²) in [7, 11) is 1.40. The van der Waals surface area contributed by atoms with E-state index in [2.05, 4.69) is 10.3 Å². The number of aryl methyl sites for hydroxylation is 2. The van der Waals surface area contributed by atoms with Crippen LogP contribution in [0, 0.1) is 0 Å². The first kappa shape index (κ1) is 22.6. The normalized spacial score (nSPS) is 17.8. The van der Waals surface area contributed by atoms with Crippen molar-refractivity contribution >= 4 is 39.4 Å². The number of carbonyl (C=O) groups excluding carboxylic acids is 1. The van der Waals surface area contributed by atoms with Gasteiger partial charge >= 0.3 is 0 Å². The third-order valence-corrected chi connectivity index (χ3v) is 6.92. The fourth-order valence-electron chi connectivity index (χ4n) is 3.40. The molecule has 1 fully saturated rings. The van der Waals surface area contributed by atoms with Crippen molar-refractivity contribution in [1.29, 1.82) is 0 Å². The van der Waals surface area contributed by atoms with Gasteiger partial charge in [-0.25, -0.2) is 17.7 Å². The minimum absolute atomic E-state index is 0. The van der Waals surface area contributed by atoms with Crippen LogP contribution in [0.1, 0.15) is 19.2 Å². The van der Waals surface area contributed by atoms with Gasteiger partial charge in [-0.15, -0.1) is 12.4 Å². The van der Waals surface area contributed by atoms with Crippen molar-refractivity contribution in [2.24, 2.45) is 7.05 Å². The van der Waals surface area contributed by atoms with Crippen LogP contribution in [0.15, 0.2) is 23.1 Å². The van der Waals surface area contributed by atoms with Crippen LogP contribution in [0.3, 0.4) is 0 Å². The highest BCUT2D eigenvalue weighted by molar-refractivity contribution is 7.89. The Morgan fingerprint density at radius 1 is 1.36 bits per heavy atom. The first-order valence-electron chi connectivity index (χ1n) is 9.10. The summed E-state index contributed by atoms with van der Waals surface area (Å²) in [5.41, 5.74) is 1.48. The molecule has 1 atom stereocenters. The highest BCUT2D eigenvalue weighted by Gasteiger charge is 2.23. The average Bonchev–Trinajstić information content (AvgIpc) is 2.95. The molecule has 1 N–H and O–H groups in total. The maximum Gasteiger partial charge on any atom is 0.242 e. The molecule has 1 aliphatic heterocycles. The van der Waals surface area contributed by atoms with Crippen LogP contribution in [0.2, 0.25) is 0 Å². The number of aromatic nitrogens is 2. The number of hydrogen-bond acceptors (Lipinski definition) is 5. The van der Waals surface area contributed by atoms with Gasteiger partial charge in [0.25, 0.3) is 0 Å². The number of rotatable bonds is 5. The molecule has 1 amide bonds. The molecule has 0 unspecified atom stereocenters. The maximum atomic E-state index is 12.5. The minimum atomic E-state index is -3.50. The second kappa shape index (κ2) is 8.77. The summed E-state index contributed by atoms with van der Waals surface area (Å²) in [6.45, 7) is 4.42. The van der Waals surface area contributed by atoms with Gasteiger partial charge in [-0.2, -0.15) is 0 Å². The van der Waals surface area contributed by atoms with Crippen LogP contribution >= 0.6 is 12.4 Å². The molecule has 8 nitrogen and oxygen atoms in total. The van der Waals surface area contributed by atoms with E-state index in [-0.39, 0.29) is 29.3 Å². The van der Waals surface area contributed by atoms with Crippen molar-refractivity contribution in [3.8, 4) is 0 Å². The van der Waals surface area contributed by atoms with Crippen molar-refractivity contribution in [2.75, 3.05) is 33.7 Å². The fraction of sp³-hybridized carbons (Fsp3) is 0.556. The van der Waals surface area contributed by atoms with Gasteiger partial charge in [-0.05, 0) is 25.1 Å². The number of nitrogens with zero attached hydrogens (tertiary/aromatic N) is 4. The van der Waals surface area contributed by atoms with Crippen molar-refractivity contribution in [1.82, 2.24) is 24.1 Å². The zero-order valence-corrected chi connectivity index (χ0v) is 18.3. The Morgan fingerprint density at radius 3 is 2.71 bits per heavy atom. The summed E-state index contributed by atoms with van der Waals surface area (Å²) in [6.07, 6.45) is 0.917. The Hall–Kier alpha value is -1.68. The Morgan fingerprint density at radius 2 is 2.07 bits per heavy atom. The molecule has 0 radical (unpaired) electrons. The van der Waals surface area contributed by atoms with Crippen LogP contribution in [0.5, 0.6) is 0 Å². The van der Waals surface area contributed by atoms with Gasteiger partial charge < -0.3 is 14.8 Å². The van der Waals surface area contributed by atoms with Gasteiger partial charge in [0.15, 0.2) is 0 Å². The summed E-state index contributed by atoms with van der Waals surface area (Å²) in [5, 5.41) is 3.28. The second-order valence-corrected chi connectivity index (χ2v) is 9.32. The van der Waals surface area contributed by atoms with E-state index in [0.717, 1.165) is 31.0 Å². The fourth-order valence-corrected chi connectivity index (χ4v) is 4.32. The third kappa shape index (κ3) is 4.32. The predicted octanol–water partition coefficient (Wildman–Crippen LogP) is 0.998. The van der Waals surface area contributed by atoms with Crippen LogP contribution in [0.4, 0.5) is 0 Å². The van der Waals surface area contributed by atoms with E-state index >= 15 is 0 Å². The summed E-state index contributed by atoms with van der Waals surface area (Å²) in [5.74, 6) is 0.910. The lowest BCUT2D eigenvalue weighted by atomic mass is 10.2. The lowest BCUT2D eigenvalue weighted by Gasteiger charge is -2.34. The molecule has 28 heavy (non-hydrogen) atoms. The lowest BCUT2D eigenvalue weighted by molar-refractivity contribution is -0.133. The summed E-state index contributed by atoms with van der Waals surface area (Å²) in [4.78, 5) is 19.3. The van der Waals surface area contributed by atoms with Crippen LogP contribution in [-0.4, -0.2) is 72.9 Å². The van der Waals surface area contributed by atoms with Crippen LogP contribution in [-0.2, 0) is 28.3 Å². The third-order valence-electron chi connectivity index (χ3n) is 5.11. The van der Waals surface area contributed by atoms with E-state index in [9.17, 15) is 13.2 Å². The number of halogens is 1. The number of hydrogen-bond donors (Lipinski definition) is 1. The molecule has 156 valence electrons. The molecule has 0 spiro atoms. The van der Waals surface area contributed by atoms with Crippen molar-refractivity contribution in [3.05, 3.63) is 24.0 Å². The van der Waals surface area contributed by atoms with E-state index in [0.29, 0.717) is 18.4 Å². The molecular weight excluding hydrogens is 402 g/mol. The highest BCUT2D eigenvalue weighted by Crippen LogP contribution is 2.22. The van der Waals surface area contributed by atoms with E-state index in [1.165, 1.54) is 18.4 Å². The molecule has 10 heteroatoms. The molecule has 0 saturated carbocycles. The van der Waals surface area contributed by atoms with E-state index < -0.39 is 10.0 Å². The smallest absolute Gasteiger partial charge is 0.242 e. The number of nitrogens with one attached hydrogen (secondary N) is 1. The van der Waals surface area contributed by atoms with Gasteiger partial charge in [-0.1, -0.05) is 0 Å². The summed E-state index contributed by atoms with van der Waals surface area (Å²) in [6, 6.07) is 5.15. The van der Waals surface area contributed by atoms with Crippen LogP contribution < -0.4 is 5.32 Å². The van der Waals surface area contributed by atoms with Crippen molar-refractivity contribution in [2.45, 2.75) is 30.7 Å². The van der Waals surface area contributed by atoms with E-state index in [1.807, 2.05) is 23.4 Å². The van der Waals surface area contributed by atoms with Crippen LogP contribution in [0.25, 0.3) is 11.0 Å². The molecule has 0 bridgehead atoms. The molecule has 1 aromatic heterocycles. The number of piperazine rings is 1. The zero-order chi connectivity index (χ0) is 19.8. The number of fused-ring (bicyclic) bond motifs is 1. The molecular formula is C18H28ClN5O3S. The topological polar surface area (TPSA) is 87.5 Å². The van der Waals surface area contributed by atoms with Gasteiger partial charge in [0.2, 0.25) is 15.9 Å². The molecule has 1 aromatic carbocycles. The Kier molecular flexibility index (Phi) is 7.08. The SMILES string of the molecule is C[C@@H]1CNCCN1C(=O)CCc1nc2cc(S(=O)(=O)N(C)C)ccc2n1C.Cl. The largest absolute Gasteiger partial charge is 0.337 e. The first-order chi connectivity index (χ1) is 12.7. The van der Waals surface area contributed by atoms with E-state index in [4.69, 9.17) is 0 Å². The quantitative estimate of drug-likeness (QED) is 0.766. The minimum Gasteiger partial charge on any atom is -0.337 e. The number of sulfonamides is 1. The monoisotopic (exact) mass is 429 g/mol. The van der Waals surface area contributed by atoms with Gasteiger partial charge in [-0.3, -0.25) is 4.79 Å². The standard InChI is InChI=1S/C18H27N5O3S.ClH/c1-13-12-19-9-10-23(13)18(24)8-7-17-20-15-11-14(27(25,26)21(2)3)5-6-16(15)22(17)4;/h5-6,11,13,19H,7-10,12H2,1-4H3;1H/t13-;/m1./s1. The highest BCUT2D eigenvalue weighted by atomic mass is 35.5. The van der Waals surface area contributed by atoms with E-state index in [1.54, 1.807) is 18.2 Å². The zero-order valence-electron chi connectivity index (χ0n) is 16.7. The first-order valence-corrected chi connectivity index (χ1v) is 10.5. The maximum absolute atomic E-state index is 12.5. The Balaban J connectivity index is 0.00000280. The average molecular weight is 430 g/mol. The molecule has 2 heterocycles. The molecule has 0 aliphatic carbocycles. The number of benzene rings is 1. The van der Waals surface area contributed by atoms with Gasteiger partial charge in [0.1, 0.15) is 5.82 Å². The molecule has 1 saturated heterocycles.